The van der Waals surface area contributed by atoms with Crippen LogP contribution in [-0.4, -0.2) is 32.7 Å². The molecule has 1 aliphatic carbocycles. The number of amides is 1. The summed E-state index contributed by atoms with van der Waals surface area (Å²) in [5.41, 5.74) is 0.721. The Morgan fingerprint density at radius 3 is 2.71 bits per heavy atom. The maximum absolute atomic E-state index is 12.5. The normalized spacial score (nSPS) is 23.2. The Bertz CT molecular complexity index is 514. The van der Waals surface area contributed by atoms with Crippen molar-refractivity contribution in [3.63, 3.8) is 0 Å². The molecule has 2 aliphatic rings. The largest absolute Gasteiger partial charge is 0.444 e. The molecular weight excluding hydrogens is 266 g/mol. The Balaban J connectivity index is 1.81. The number of aromatic nitrogens is 2. The maximum Gasteiger partial charge on any atom is 0.410 e. The highest BCUT2D eigenvalue weighted by Crippen LogP contribution is 2.40. The number of ether oxygens (including phenoxy) is 1. The molecule has 5 heteroatoms. The van der Waals surface area contributed by atoms with Crippen LogP contribution in [0, 0.1) is 0 Å². The maximum atomic E-state index is 12.5. The van der Waals surface area contributed by atoms with Crippen LogP contribution in [-0.2, 0) is 4.74 Å². The first kappa shape index (κ1) is 14.4. The third kappa shape index (κ3) is 3.22. The fraction of sp³-hybridized carbons (Fsp3) is 0.750. The van der Waals surface area contributed by atoms with Crippen molar-refractivity contribution >= 4 is 6.09 Å². The fourth-order valence-electron chi connectivity index (χ4n) is 3.01. The van der Waals surface area contributed by atoms with Crippen molar-refractivity contribution in [2.45, 2.75) is 70.6 Å². The van der Waals surface area contributed by atoms with E-state index >= 15 is 0 Å². The van der Waals surface area contributed by atoms with E-state index in [0.29, 0.717) is 6.04 Å². The van der Waals surface area contributed by atoms with Crippen molar-refractivity contribution in [1.29, 1.82) is 0 Å². The van der Waals surface area contributed by atoms with Crippen LogP contribution in [0.2, 0.25) is 0 Å². The second-order valence-electron chi connectivity index (χ2n) is 7.14. The third-order valence-electron chi connectivity index (χ3n) is 4.11. The van der Waals surface area contributed by atoms with E-state index in [1.165, 1.54) is 18.5 Å². The number of likely N-dealkylation sites (tertiary alicyclic amines) is 1. The van der Waals surface area contributed by atoms with Gasteiger partial charge >= 0.3 is 6.09 Å². The van der Waals surface area contributed by atoms with Gasteiger partial charge in [0.15, 0.2) is 0 Å². The number of nitrogens with zero attached hydrogens (tertiary/aromatic N) is 3. The summed E-state index contributed by atoms with van der Waals surface area (Å²) in [5.74, 6) is 0. The summed E-state index contributed by atoms with van der Waals surface area (Å²) >= 11 is 0. The van der Waals surface area contributed by atoms with Crippen LogP contribution in [0.5, 0.6) is 0 Å². The Kier molecular flexibility index (Phi) is 3.68. The number of hydrogen-bond donors (Lipinski definition) is 0. The van der Waals surface area contributed by atoms with E-state index in [9.17, 15) is 4.79 Å². The minimum Gasteiger partial charge on any atom is -0.444 e. The summed E-state index contributed by atoms with van der Waals surface area (Å²) < 4.78 is 7.84. The molecule has 1 unspecified atom stereocenters. The van der Waals surface area contributed by atoms with Crippen LogP contribution in [0.4, 0.5) is 4.79 Å². The van der Waals surface area contributed by atoms with Gasteiger partial charge in [0.05, 0.1) is 24.3 Å². The molecule has 1 saturated heterocycles. The Hall–Kier alpha value is -1.52. The average molecular weight is 291 g/mol. The molecule has 0 aromatic carbocycles. The molecule has 2 fully saturated rings. The molecule has 0 radical (unpaired) electrons. The van der Waals surface area contributed by atoms with Crippen molar-refractivity contribution in [3.05, 3.63) is 18.2 Å². The van der Waals surface area contributed by atoms with E-state index in [0.717, 1.165) is 25.8 Å². The predicted octanol–water partition coefficient (Wildman–Crippen LogP) is 3.68. The zero-order valence-corrected chi connectivity index (χ0v) is 13.2. The Morgan fingerprint density at radius 2 is 2.05 bits per heavy atom. The summed E-state index contributed by atoms with van der Waals surface area (Å²) in [5, 5.41) is 0. The van der Waals surface area contributed by atoms with Gasteiger partial charge in [-0.15, -0.1) is 0 Å². The van der Waals surface area contributed by atoms with Gasteiger partial charge in [0, 0.05) is 12.6 Å². The van der Waals surface area contributed by atoms with Gasteiger partial charge in [-0.05, 0) is 52.9 Å². The average Bonchev–Trinajstić information content (AvgIpc) is 3.14. The van der Waals surface area contributed by atoms with Gasteiger partial charge in [0.1, 0.15) is 5.60 Å². The lowest BCUT2D eigenvalue weighted by Gasteiger charge is -2.37. The molecule has 0 N–H and O–H groups in total. The Morgan fingerprint density at radius 1 is 1.29 bits per heavy atom. The lowest BCUT2D eigenvalue weighted by atomic mass is 10.00. The van der Waals surface area contributed by atoms with Gasteiger partial charge in [-0.1, -0.05) is 0 Å². The highest BCUT2D eigenvalue weighted by molar-refractivity contribution is 5.69. The van der Waals surface area contributed by atoms with Crippen LogP contribution in [0.25, 0.3) is 0 Å². The van der Waals surface area contributed by atoms with Crippen molar-refractivity contribution in [1.82, 2.24) is 14.5 Å². The minimum atomic E-state index is -0.449. The van der Waals surface area contributed by atoms with E-state index in [-0.39, 0.29) is 12.1 Å². The topological polar surface area (TPSA) is 47.4 Å². The summed E-state index contributed by atoms with van der Waals surface area (Å²) in [6.45, 7) is 6.52. The van der Waals surface area contributed by atoms with Crippen LogP contribution in [0.1, 0.15) is 70.7 Å². The SMILES string of the molecule is CC(C)(C)OC(=O)N1CCCCC1c1cncn1C1CC1. The van der Waals surface area contributed by atoms with Gasteiger partial charge in [-0.2, -0.15) is 0 Å². The molecular formula is C16H25N3O2. The molecule has 1 aromatic heterocycles. The highest BCUT2D eigenvalue weighted by Gasteiger charge is 2.35. The van der Waals surface area contributed by atoms with Gasteiger partial charge < -0.3 is 9.30 Å². The standard InChI is InChI=1S/C16H25N3O2/c1-16(2,3)21-15(20)18-9-5-4-6-13(18)14-10-17-11-19(14)12-7-8-12/h10-13H,4-9H2,1-3H3. The molecule has 2 heterocycles. The molecule has 1 amide bonds. The van der Waals surface area contributed by atoms with Crippen LogP contribution < -0.4 is 0 Å². The van der Waals surface area contributed by atoms with Crippen LogP contribution >= 0.6 is 0 Å². The van der Waals surface area contributed by atoms with E-state index in [1.54, 1.807) is 0 Å². The third-order valence-corrected chi connectivity index (χ3v) is 4.11. The molecule has 1 aliphatic heterocycles. The number of carbonyl (C=O) groups excluding carboxylic acids is 1. The second-order valence-corrected chi connectivity index (χ2v) is 7.14. The minimum absolute atomic E-state index is 0.108. The first-order chi connectivity index (χ1) is 9.96. The molecule has 3 rings (SSSR count). The number of rotatable bonds is 2. The van der Waals surface area contributed by atoms with Crippen LogP contribution in [0.15, 0.2) is 12.5 Å². The number of imidazole rings is 1. The first-order valence-electron chi connectivity index (χ1n) is 7.97. The molecule has 116 valence electrons. The molecule has 1 atom stereocenters. The summed E-state index contributed by atoms with van der Waals surface area (Å²) in [4.78, 5) is 18.7. The zero-order chi connectivity index (χ0) is 15.0. The first-order valence-corrected chi connectivity index (χ1v) is 7.97. The number of hydrogen-bond acceptors (Lipinski definition) is 3. The van der Waals surface area contributed by atoms with Gasteiger partial charge in [0.2, 0.25) is 0 Å². The zero-order valence-electron chi connectivity index (χ0n) is 13.2. The molecule has 0 bridgehead atoms. The van der Waals surface area contributed by atoms with Crippen molar-refractivity contribution in [3.8, 4) is 0 Å². The quantitative estimate of drug-likeness (QED) is 0.835. The molecule has 1 saturated carbocycles. The van der Waals surface area contributed by atoms with Gasteiger partial charge in [-0.3, -0.25) is 4.90 Å². The highest BCUT2D eigenvalue weighted by atomic mass is 16.6. The molecule has 5 nitrogen and oxygen atoms in total. The van der Waals surface area contributed by atoms with E-state index in [2.05, 4.69) is 9.55 Å². The van der Waals surface area contributed by atoms with E-state index in [4.69, 9.17) is 4.74 Å². The molecule has 1 aromatic rings. The second kappa shape index (κ2) is 5.35. The summed E-state index contributed by atoms with van der Waals surface area (Å²) in [6.07, 6.45) is 9.28. The summed E-state index contributed by atoms with van der Waals surface area (Å²) in [7, 11) is 0. The molecule has 0 spiro atoms. The lowest BCUT2D eigenvalue weighted by Crippen LogP contribution is -2.42. The van der Waals surface area contributed by atoms with Crippen molar-refractivity contribution in [2.75, 3.05) is 6.54 Å². The van der Waals surface area contributed by atoms with Gasteiger partial charge in [0.25, 0.3) is 0 Å². The van der Waals surface area contributed by atoms with E-state index < -0.39 is 5.60 Å². The monoisotopic (exact) mass is 291 g/mol. The smallest absolute Gasteiger partial charge is 0.410 e. The van der Waals surface area contributed by atoms with Crippen LogP contribution in [0.3, 0.4) is 0 Å². The van der Waals surface area contributed by atoms with E-state index in [1.807, 2.05) is 38.2 Å². The lowest BCUT2D eigenvalue weighted by molar-refractivity contribution is 0.00858. The fourth-order valence-corrected chi connectivity index (χ4v) is 3.01. The van der Waals surface area contributed by atoms with Crippen molar-refractivity contribution < 1.29 is 9.53 Å². The predicted molar refractivity (Wildman–Crippen MR) is 80.0 cm³/mol. The molecule has 21 heavy (non-hydrogen) atoms. The number of carbonyl (C=O) groups is 1. The summed E-state index contributed by atoms with van der Waals surface area (Å²) in [6, 6.07) is 0.696. The Labute approximate surface area is 126 Å². The van der Waals surface area contributed by atoms with Gasteiger partial charge in [-0.25, -0.2) is 9.78 Å². The van der Waals surface area contributed by atoms with Crippen molar-refractivity contribution in [2.24, 2.45) is 0 Å². The number of piperidine rings is 1.